The lowest BCUT2D eigenvalue weighted by atomic mass is 10.0. The highest BCUT2D eigenvalue weighted by molar-refractivity contribution is 5.79. The van der Waals surface area contributed by atoms with E-state index in [1.54, 1.807) is 0 Å². The molecule has 1 heterocycles. The summed E-state index contributed by atoms with van der Waals surface area (Å²) in [5, 5.41) is 3.21. The third-order valence-corrected chi connectivity index (χ3v) is 9.78. The number of quaternary nitrogens is 1. The Morgan fingerprint density at radius 2 is 1.20 bits per heavy atom. The van der Waals surface area contributed by atoms with E-state index in [1.165, 1.54) is 106 Å². The third-order valence-electron chi connectivity index (χ3n) is 9.78. The lowest BCUT2D eigenvalue weighted by molar-refractivity contribution is -0.129. The largest absolute Gasteiger partial charge is 0.356 e. The van der Waals surface area contributed by atoms with Gasteiger partial charge in [0.2, 0.25) is 11.8 Å². The van der Waals surface area contributed by atoms with Gasteiger partial charge in [-0.25, -0.2) is 4.48 Å². The number of amides is 2. The van der Waals surface area contributed by atoms with Crippen molar-refractivity contribution in [3.8, 4) is 0 Å². The molecule has 0 radical (unpaired) electrons. The van der Waals surface area contributed by atoms with Crippen molar-refractivity contribution < 1.29 is 9.59 Å². The van der Waals surface area contributed by atoms with Crippen molar-refractivity contribution in [3.05, 3.63) is 59.7 Å². The Morgan fingerprint density at radius 3 is 1.67 bits per heavy atom. The van der Waals surface area contributed by atoms with Crippen LogP contribution in [-0.2, 0) is 9.59 Å². The molecule has 0 aliphatic carbocycles. The monoisotopic (exact) mass is 618 g/mol. The lowest BCUT2D eigenvalue weighted by Crippen LogP contribution is -2.54. The van der Waals surface area contributed by atoms with E-state index in [0.717, 1.165) is 38.8 Å². The molecule has 0 atom stereocenters. The molecule has 45 heavy (non-hydrogen) atoms. The van der Waals surface area contributed by atoms with E-state index in [9.17, 15) is 9.59 Å². The molecule has 0 spiro atoms. The maximum atomic E-state index is 12.8. The number of hydrogen-bond donors (Lipinski definition) is 1. The van der Waals surface area contributed by atoms with Gasteiger partial charge in [-0.05, 0) is 38.8 Å². The molecule has 3 rings (SSSR count). The number of unbranched alkanes of at least 4 members (excludes halogenated alkanes) is 14. The Balaban J connectivity index is 1.39. The molecular weight excluding hydrogens is 554 g/mol. The summed E-state index contributed by atoms with van der Waals surface area (Å²) in [6.45, 7) is 9.54. The Morgan fingerprint density at radius 1 is 0.711 bits per heavy atom. The average Bonchev–Trinajstić information content (AvgIpc) is 3.44. The summed E-state index contributed by atoms with van der Waals surface area (Å²) in [6.07, 6.45) is 23.0. The molecule has 5 heteroatoms. The van der Waals surface area contributed by atoms with Gasteiger partial charge in [0.15, 0.2) is 6.67 Å². The summed E-state index contributed by atoms with van der Waals surface area (Å²) in [4.78, 5) is 27.6. The molecule has 250 valence electrons. The first kappa shape index (κ1) is 36.8. The molecule has 0 bridgehead atoms. The predicted molar refractivity (Wildman–Crippen MR) is 192 cm³/mol. The number of rotatable bonds is 24. The minimum absolute atomic E-state index is 0.171. The summed E-state index contributed by atoms with van der Waals surface area (Å²) < 4.78 is 0.597. The van der Waals surface area contributed by atoms with Crippen molar-refractivity contribution in [2.24, 2.45) is 0 Å². The molecule has 2 aromatic carbocycles. The van der Waals surface area contributed by atoms with Gasteiger partial charge >= 0.3 is 0 Å². The highest BCUT2D eigenvalue weighted by Crippen LogP contribution is 2.40. The summed E-state index contributed by atoms with van der Waals surface area (Å²) in [5.74, 6) is 0.417. The van der Waals surface area contributed by atoms with Crippen LogP contribution in [0.1, 0.15) is 140 Å². The zero-order valence-electron chi connectivity index (χ0n) is 29.1. The minimum Gasteiger partial charge on any atom is -0.356 e. The molecule has 0 unspecified atom stereocenters. The standard InChI is InChI=1S/C40H63N3O2/c1-4-5-6-7-8-9-10-11-12-13-14-15-16-17-18-29-39(44)41-31-24-33-43(34-42-32-23-30-40(42)45,37-27-21-19-25-35(37)2)38-28-22-20-26-36(38)3/h19-22,25-28H,4-18,23-24,29-34H2,1-3H3/p+1. The number of likely N-dealkylation sites (tertiary alicyclic amines) is 1. The number of para-hydroxylation sites is 2. The summed E-state index contributed by atoms with van der Waals surface area (Å²) >= 11 is 0. The van der Waals surface area contributed by atoms with Crippen LogP contribution in [0.4, 0.5) is 11.4 Å². The van der Waals surface area contributed by atoms with E-state index in [2.05, 4.69) is 74.6 Å². The predicted octanol–water partition coefficient (Wildman–Crippen LogP) is 10.3. The fraction of sp³-hybridized carbons (Fsp3) is 0.650. The second-order valence-corrected chi connectivity index (χ2v) is 13.6. The molecule has 1 N–H and O–H groups in total. The van der Waals surface area contributed by atoms with Crippen LogP contribution in [0.2, 0.25) is 0 Å². The maximum absolute atomic E-state index is 12.8. The Bertz CT molecular complexity index is 1080. The SMILES string of the molecule is CCCCCCCCCCCCCCCCCC(=O)NCCC[N+](CN1CCCC1=O)(c1ccccc1C)c1ccccc1C. The molecule has 0 saturated carbocycles. The first-order valence-electron chi connectivity index (χ1n) is 18.5. The maximum Gasteiger partial charge on any atom is 0.226 e. The van der Waals surface area contributed by atoms with Gasteiger partial charge in [0.25, 0.3) is 0 Å². The molecule has 1 saturated heterocycles. The summed E-state index contributed by atoms with van der Waals surface area (Å²) in [6, 6.07) is 17.2. The van der Waals surface area contributed by atoms with Crippen LogP contribution in [0.15, 0.2) is 48.5 Å². The molecular formula is C40H64N3O2+. The normalized spacial score (nSPS) is 13.5. The van der Waals surface area contributed by atoms with Crippen molar-refractivity contribution in [1.82, 2.24) is 14.7 Å². The summed E-state index contributed by atoms with van der Waals surface area (Å²) in [5.41, 5.74) is 4.92. The number of hydrogen-bond acceptors (Lipinski definition) is 2. The fourth-order valence-corrected chi connectivity index (χ4v) is 7.15. The van der Waals surface area contributed by atoms with Gasteiger partial charge in [-0.2, -0.15) is 0 Å². The van der Waals surface area contributed by atoms with Crippen molar-refractivity contribution in [2.75, 3.05) is 26.3 Å². The van der Waals surface area contributed by atoms with Crippen molar-refractivity contribution >= 4 is 23.2 Å². The third kappa shape index (κ3) is 12.6. The Labute approximate surface area is 275 Å². The van der Waals surface area contributed by atoms with Crippen LogP contribution in [0.5, 0.6) is 0 Å². The van der Waals surface area contributed by atoms with Crippen molar-refractivity contribution in [3.63, 3.8) is 0 Å². The van der Waals surface area contributed by atoms with E-state index < -0.39 is 0 Å². The first-order valence-corrected chi connectivity index (χ1v) is 18.5. The highest BCUT2D eigenvalue weighted by Gasteiger charge is 2.39. The molecule has 1 fully saturated rings. The van der Waals surface area contributed by atoms with Gasteiger partial charge in [0.05, 0.1) is 6.54 Å². The average molecular weight is 619 g/mol. The molecule has 5 nitrogen and oxygen atoms in total. The second kappa shape index (κ2) is 21.2. The van der Waals surface area contributed by atoms with Gasteiger partial charge in [-0.3, -0.25) is 14.5 Å². The second-order valence-electron chi connectivity index (χ2n) is 13.6. The van der Waals surface area contributed by atoms with Crippen molar-refractivity contribution in [2.45, 2.75) is 143 Å². The highest BCUT2D eigenvalue weighted by atomic mass is 16.2. The zero-order valence-corrected chi connectivity index (χ0v) is 29.1. The van der Waals surface area contributed by atoms with Crippen LogP contribution >= 0.6 is 0 Å². The van der Waals surface area contributed by atoms with Crippen LogP contribution in [0, 0.1) is 13.8 Å². The van der Waals surface area contributed by atoms with Gasteiger partial charge in [0.1, 0.15) is 11.4 Å². The Hall–Kier alpha value is -2.66. The van der Waals surface area contributed by atoms with Gasteiger partial charge in [-0.1, -0.05) is 133 Å². The smallest absolute Gasteiger partial charge is 0.226 e. The Kier molecular flexibility index (Phi) is 17.3. The van der Waals surface area contributed by atoms with E-state index in [1.807, 2.05) is 4.90 Å². The van der Waals surface area contributed by atoms with Crippen LogP contribution in [-0.4, -0.2) is 43.0 Å². The number of nitrogens with zero attached hydrogens (tertiary/aromatic N) is 2. The van der Waals surface area contributed by atoms with Crippen LogP contribution < -0.4 is 9.80 Å². The van der Waals surface area contributed by atoms with E-state index in [0.29, 0.717) is 30.5 Å². The van der Waals surface area contributed by atoms with Crippen LogP contribution in [0.3, 0.4) is 0 Å². The molecule has 1 aliphatic rings. The van der Waals surface area contributed by atoms with Gasteiger partial charge in [0, 0.05) is 43.5 Å². The number of carbonyl (C=O) groups is 2. The van der Waals surface area contributed by atoms with Crippen molar-refractivity contribution in [1.29, 1.82) is 0 Å². The van der Waals surface area contributed by atoms with E-state index in [4.69, 9.17) is 0 Å². The number of aryl methyl sites for hydroxylation is 2. The minimum atomic E-state index is 0.171. The van der Waals surface area contributed by atoms with E-state index >= 15 is 0 Å². The molecule has 2 aromatic rings. The lowest BCUT2D eigenvalue weighted by Gasteiger charge is -2.42. The fourth-order valence-electron chi connectivity index (χ4n) is 7.15. The van der Waals surface area contributed by atoms with Crippen LogP contribution in [0.25, 0.3) is 0 Å². The topological polar surface area (TPSA) is 49.4 Å². The number of nitrogens with one attached hydrogen (secondary N) is 1. The number of benzene rings is 2. The van der Waals surface area contributed by atoms with Gasteiger partial charge in [-0.15, -0.1) is 0 Å². The summed E-state index contributed by atoms with van der Waals surface area (Å²) in [7, 11) is 0. The molecule has 1 aliphatic heterocycles. The molecule has 0 aromatic heterocycles. The number of carbonyl (C=O) groups excluding carboxylic acids is 2. The zero-order chi connectivity index (χ0) is 32.2. The van der Waals surface area contributed by atoms with Gasteiger partial charge < -0.3 is 5.32 Å². The van der Waals surface area contributed by atoms with E-state index in [-0.39, 0.29) is 11.8 Å². The first-order chi connectivity index (χ1) is 22.0. The molecule has 2 amide bonds. The quantitative estimate of drug-likeness (QED) is 0.0940.